The summed E-state index contributed by atoms with van der Waals surface area (Å²) in [6.07, 6.45) is -1.25. The van der Waals surface area contributed by atoms with Gasteiger partial charge in [-0.1, -0.05) is 50.1 Å². The molecule has 0 amide bonds. The number of hydrogen-bond acceptors (Lipinski definition) is 4. The van der Waals surface area contributed by atoms with Gasteiger partial charge < -0.3 is 19.1 Å². The summed E-state index contributed by atoms with van der Waals surface area (Å²) >= 11 is 0. The minimum absolute atomic E-state index is 0.0268. The van der Waals surface area contributed by atoms with Crippen molar-refractivity contribution in [3.63, 3.8) is 0 Å². The van der Waals surface area contributed by atoms with Crippen LogP contribution in [0.1, 0.15) is 48.3 Å². The summed E-state index contributed by atoms with van der Waals surface area (Å²) in [7, 11) is 1.24. The van der Waals surface area contributed by atoms with Crippen molar-refractivity contribution in [2.45, 2.75) is 39.4 Å². The highest BCUT2D eigenvalue weighted by atomic mass is 19.1. The van der Waals surface area contributed by atoms with Crippen LogP contribution in [0.4, 0.5) is 4.39 Å². The molecular formula is C30H28FNO4. The van der Waals surface area contributed by atoms with Crippen LogP contribution in [0.15, 0.2) is 66.7 Å². The number of methoxy groups -OCH3 is 1. The topological polar surface area (TPSA) is 60.7 Å². The molecule has 4 aromatic rings. The minimum Gasteiger partial charge on any atom is -0.489 e. The zero-order valence-corrected chi connectivity index (χ0v) is 20.7. The molecule has 0 saturated carbocycles. The summed E-state index contributed by atoms with van der Waals surface area (Å²) in [5, 5.41) is 11.9. The number of benzene rings is 3. The highest BCUT2D eigenvalue weighted by Crippen LogP contribution is 2.39. The average molecular weight is 486 g/mol. The zero-order valence-electron chi connectivity index (χ0n) is 20.7. The Morgan fingerprint density at radius 2 is 1.83 bits per heavy atom. The van der Waals surface area contributed by atoms with Crippen molar-refractivity contribution in [2.75, 3.05) is 7.11 Å². The molecule has 1 atom stereocenters. The predicted molar refractivity (Wildman–Crippen MR) is 138 cm³/mol. The number of hydrogen-bond donors (Lipinski definition) is 1. The highest BCUT2D eigenvalue weighted by molar-refractivity contribution is 5.91. The number of aromatic nitrogens is 1. The highest BCUT2D eigenvalue weighted by Gasteiger charge is 2.25. The Labute approximate surface area is 210 Å². The number of aliphatic hydroxyl groups is 1. The molecule has 1 heterocycles. The number of rotatable bonds is 6. The van der Waals surface area contributed by atoms with E-state index in [-0.39, 0.29) is 11.7 Å². The number of carbonyl (C=O) groups excluding carboxylic acids is 1. The van der Waals surface area contributed by atoms with Crippen LogP contribution < -0.4 is 4.74 Å². The van der Waals surface area contributed by atoms with Gasteiger partial charge in [0.15, 0.2) is 0 Å². The van der Waals surface area contributed by atoms with Crippen LogP contribution in [0.5, 0.6) is 5.75 Å². The SMILES string of the molecule is COC(=O)C#CC(O)c1c(C(C)C)n(-c2ccc(F)c(C)c2)c2ccc(OCc3ccccc3)cc12. The van der Waals surface area contributed by atoms with Crippen molar-refractivity contribution in [2.24, 2.45) is 0 Å². The first-order chi connectivity index (χ1) is 17.3. The molecule has 0 aliphatic rings. The van der Waals surface area contributed by atoms with Gasteiger partial charge in [-0.25, -0.2) is 9.18 Å². The lowest BCUT2D eigenvalue weighted by Gasteiger charge is -2.17. The monoisotopic (exact) mass is 485 g/mol. The number of aliphatic hydroxyl groups excluding tert-OH is 1. The van der Waals surface area contributed by atoms with E-state index in [0.29, 0.717) is 23.5 Å². The standard InChI is InChI=1S/C30H28FNO4/c1-19(2)30-29(27(33)14-15-28(34)35-4)24-17-23(36-18-21-8-6-5-7-9-21)11-13-26(24)32(30)22-10-12-25(31)20(3)16-22/h5-13,16-17,19,27,33H,18H2,1-4H3. The summed E-state index contributed by atoms with van der Waals surface area (Å²) in [5.74, 6) is 4.53. The van der Waals surface area contributed by atoms with Crippen LogP contribution in [0, 0.1) is 24.6 Å². The molecule has 0 radical (unpaired) electrons. The van der Waals surface area contributed by atoms with E-state index < -0.39 is 12.1 Å². The summed E-state index contributed by atoms with van der Waals surface area (Å²) < 4.78 is 26.7. The van der Waals surface area contributed by atoms with Crippen LogP contribution in [0.2, 0.25) is 0 Å². The Bertz CT molecular complexity index is 1460. The van der Waals surface area contributed by atoms with E-state index in [0.717, 1.165) is 27.8 Å². The Hall–Kier alpha value is -4.08. The van der Waals surface area contributed by atoms with E-state index >= 15 is 0 Å². The summed E-state index contributed by atoms with van der Waals surface area (Å²) in [6, 6.07) is 20.4. The second kappa shape index (κ2) is 10.7. The number of fused-ring (bicyclic) bond motifs is 1. The molecule has 1 unspecified atom stereocenters. The second-order valence-corrected chi connectivity index (χ2v) is 8.84. The van der Waals surface area contributed by atoms with Gasteiger partial charge in [0.1, 0.15) is 24.3 Å². The van der Waals surface area contributed by atoms with E-state index in [1.165, 1.54) is 13.2 Å². The Balaban J connectivity index is 1.91. The number of halogens is 1. The predicted octanol–water partition coefficient (Wildman–Crippen LogP) is 5.99. The largest absolute Gasteiger partial charge is 0.489 e. The quantitative estimate of drug-likeness (QED) is 0.207. The average Bonchev–Trinajstić information content (AvgIpc) is 3.23. The van der Waals surface area contributed by atoms with E-state index in [9.17, 15) is 14.3 Å². The van der Waals surface area contributed by atoms with Gasteiger partial charge in [0.25, 0.3) is 0 Å². The van der Waals surface area contributed by atoms with Crippen molar-refractivity contribution in [3.05, 3.63) is 94.9 Å². The molecule has 0 spiro atoms. The first-order valence-electron chi connectivity index (χ1n) is 11.7. The van der Waals surface area contributed by atoms with Crippen LogP contribution in [-0.4, -0.2) is 22.8 Å². The van der Waals surface area contributed by atoms with E-state index in [1.807, 2.05) is 66.9 Å². The van der Waals surface area contributed by atoms with Gasteiger partial charge >= 0.3 is 5.97 Å². The summed E-state index contributed by atoms with van der Waals surface area (Å²) in [5.41, 5.74) is 4.50. The van der Waals surface area contributed by atoms with Crippen molar-refractivity contribution in [3.8, 4) is 23.3 Å². The molecule has 1 N–H and O–H groups in total. The summed E-state index contributed by atoms with van der Waals surface area (Å²) in [6.45, 7) is 6.13. The number of esters is 1. The van der Waals surface area contributed by atoms with Gasteiger partial charge in [-0.05, 0) is 60.4 Å². The van der Waals surface area contributed by atoms with Gasteiger partial charge in [-0.3, -0.25) is 0 Å². The molecule has 3 aromatic carbocycles. The first kappa shape index (κ1) is 25.0. The maximum atomic E-state index is 14.1. The van der Waals surface area contributed by atoms with Crippen molar-refractivity contribution in [1.29, 1.82) is 0 Å². The molecule has 184 valence electrons. The fraction of sp³-hybridized carbons (Fsp3) is 0.233. The minimum atomic E-state index is -1.25. The number of carbonyl (C=O) groups is 1. The maximum absolute atomic E-state index is 14.1. The Kier molecular flexibility index (Phi) is 7.42. The lowest BCUT2D eigenvalue weighted by molar-refractivity contribution is -0.133. The second-order valence-electron chi connectivity index (χ2n) is 8.84. The maximum Gasteiger partial charge on any atom is 0.384 e. The fourth-order valence-corrected chi connectivity index (χ4v) is 4.30. The molecule has 0 aliphatic heterocycles. The molecule has 0 aliphatic carbocycles. The molecular weight excluding hydrogens is 457 g/mol. The van der Waals surface area contributed by atoms with Crippen LogP contribution >= 0.6 is 0 Å². The molecule has 0 bridgehead atoms. The molecule has 5 nitrogen and oxygen atoms in total. The third kappa shape index (κ3) is 5.12. The Morgan fingerprint density at radius 3 is 2.50 bits per heavy atom. The molecule has 36 heavy (non-hydrogen) atoms. The molecule has 6 heteroatoms. The van der Waals surface area contributed by atoms with Crippen molar-refractivity contribution >= 4 is 16.9 Å². The fourth-order valence-electron chi connectivity index (χ4n) is 4.30. The van der Waals surface area contributed by atoms with Gasteiger partial charge in [-0.2, -0.15) is 0 Å². The third-order valence-corrected chi connectivity index (χ3v) is 5.98. The molecule has 4 rings (SSSR count). The molecule has 1 aromatic heterocycles. The van der Waals surface area contributed by atoms with Crippen LogP contribution in [-0.2, 0) is 16.1 Å². The third-order valence-electron chi connectivity index (χ3n) is 5.98. The lowest BCUT2D eigenvalue weighted by Crippen LogP contribution is -2.07. The number of aryl methyl sites for hydroxylation is 1. The first-order valence-corrected chi connectivity index (χ1v) is 11.7. The summed E-state index contributed by atoms with van der Waals surface area (Å²) in [4.78, 5) is 11.6. The van der Waals surface area contributed by atoms with Crippen LogP contribution in [0.3, 0.4) is 0 Å². The van der Waals surface area contributed by atoms with E-state index in [2.05, 4.69) is 16.6 Å². The van der Waals surface area contributed by atoms with Gasteiger partial charge in [0, 0.05) is 28.3 Å². The van der Waals surface area contributed by atoms with E-state index in [4.69, 9.17) is 4.74 Å². The van der Waals surface area contributed by atoms with E-state index in [1.54, 1.807) is 19.1 Å². The lowest BCUT2D eigenvalue weighted by atomic mass is 9.98. The van der Waals surface area contributed by atoms with Crippen molar-refractivity contribution in [1.82, 2.24) is 4.57 Å². The molecule has 0 saturated heterocycles. The van der Waals surface area contributed by atoms with Gasteiger partial charge in [0.2, 0.25) is 0 Å². The Morgan fingerprint density at radius 1 is 1.08 bits per heavy atom. The number of nitrogens with zero attached hydrogens (tertiary/aromatic N) is 1. The smallest absolute Gasteiger partial charge is 0.384 e. The van der Waals surface area contributed by atoms with Crippen LogP contribution in [0.25, 0.3) is 16.6 Å². The van der Waals surface area contributed by atoms with Gasteiger partial charge in [-0.15, -0.1) is 0 Å². The normalized spacial score (nSPS) is 11.8. The zero-order chi connectivity index (χ0) is 25.8. The van der Waals surface area contributed by atoms with Gasteiger partial charge in [0.05, 0.1) is 12.6 Å². The number of ether oxygens (including phenoxy) is 2. The van der Waals surface area contributed by atoms with Crippen molar-refractivity contribution < 1.29 is 23.8 Å². The molecule has 0 fully saturated rings.